The van der Waals surface area contributed by atoms with Crippen LogP contribution in [0, 0.1) is 28.1 Å². The Labute approximate surface area is 109 Å². The third kappa shape index (κ3) is 1.85. The summed E-state index contributed by atoms with van der Waals surface area (Å²) in [6.45, 7) is 3.06. The summed E-state index contributed by atoms with van der Waals surface area (Å²) in [5.41, 5.74) is -1.66. The number of nitriles is 2. The van der Waals surface area contributed by atoms with Crippen LogP contribution < -0.4 is 10.6 Å². The molecular formula is C11H10N4O2S. The molecule has 0 bridgehead atoms. The van der Waals surface area contributed by atoms with E-state index in [0.717, 1.165) is 0 Å². The molecule has 0 aliphatic carbocycles. The first-order valence-electron chi connectivity index (χ1n) is 5.12. The number of rotatable bonds is 2. The quantitative estimate of drug-likeness (QED) is 0.422. The highest BCUT2D eigenvalue weighted by molar-refractivity contribution is 7.80. The Balaban J connectivity index is 3.48. The molecule has 0 atom stereocenters. The number of amides is 2. The number of nitrogens with zero attached hydrogens (tertiary/aromatic N) is 2. The molecule has 2 amide bonds. The maximum Gasteiger partial charge on any atom is 0.246 e. The van der Waals surface area contributed by atoms with Crippen LogP contribution in [0.15, 0.2) is 11.1 Å². The van der Waals surface area contributed by atoms with Gasteiger partial charge in [-0.1, -0.05) is 6.92 Å². The molecule has 18 heavy (non-hydrogen) atoms. The maximum absolute atomic E-state index is 12.0. The SMILES string of the molecule is CCC1(C(C)=C(C#N)C#N)C(=O)NC(=S)NC1=O. The molecule has 1 saturated heterocycles. The number of thiocarbonyl (C=S) groups is 1. The lowest BCUT2D eigenvalue weighted by molar-refractivity contribution is -0.141. The summed E-state index contributed by atoms with van der Waals surface area (Å²) < 4.78 is 0. The van der Waals surface area contributed by atoms with Crippen LogP contribution in [0.3, 0.4) is 0 Å². The molecule has 0 aromatic carbocycles. The van der Waals surface area contributed by atoms with Crippen molar-refractivity contribution < 1.29 is 9.59 Å². The van der Waals surface area contributed by atoms with Crippen molar-refractivity contribution in [2.45, 2.75) is 20.3 Å². The molecule has 1 aliphatic rings. The lowest BCUT2D eigenvalue weighted by Gasteiger charge is -2.34. The fraction of sp³-hybridized carbons (Fsp3) is 0.364. The largest absolute Gasteiger partial charge is 0.302 e. The van der Waals surface area contributed by atoms with Gasteiger partial charge in [-0.3, -0.25) is 9.59 Å². The highest BCUT2D eigenvalue weighted by Gasteiger charge is 2.50. The summed E-state index contributed by atoms with van der Waals surface area (Å²) in [6.07, 6.45) is 0.131. The molecule has 0 unspecified atom stereocenters. The van der Waals surface area contributed by atoms with Gasteiger partial charge in [-0.15, -0.1) is 0 Å². The Kier molecular flexibility index (Phi) is 3.79. The number of carbonyl (C=O) groups excluding carboxylic acids is 2. The van der Waals surface area contributed by atoms with Crippen LogP contribution in [0.4, 0.5) is 0 Å². The first-order valence-corrected chi connectivity index (χ1v) is 5.53. The molecule has 0 radical (unpaired) electrons. The molecule has 1 heterocycles. The summed E-state index contributed by atoms with van der Waals surface area (Å²) in [6, 6.07) is 3.37. The Morgan fingerprint density at radius 2 is 1.72 bits per heavy atom. The summed E-state index contributed by atoms with van der Waals surface area (Å²) in [5, 5.41) is 22.3. The topological polar surface area (TPSA) is 106 Å². The van der Waals surface area contributed by atoms with Gasteiger partial charge in [0.25, 0.3) is 0 Å². The molecule has 1 rings (SSSR count). The summed E-state index contributed by atoms with van der Waals surface area (Å²) >= 11 is 4.71. The maximum atomic E-state index is 12.0. The van der Waals surface area contributed by atoms with Gasteiger partial charge in [0.1, 0.15) is 17.7 Å². The van der Waals surface area contributed by atoms with Crippen molar-refractivity contribution in [2.24, 2.45) is 5.41 Å². The van der Waals surface area contributed by atoms with Crippen LogP contribution >= 0.6 is 12.2 Å². The van der Waals surface area contributed by atoms with Crippen molar-refractivity contribution in [3.05, 3.63) is 11.1 Å². The van der Waals surface area contributed by atoms with E-state index in [1.54, 1.807) is 19.1 Å². The van der Waals surface area contributed by atoms with Gasteiger partial charge in [0, 0.05) is 0 Å². The molecule has 0 aromatic heterocycles. The Morgan fingerprint density at radius 1 is 1.28 bits per heavy atom. The molecular weight excluding hydrogens is 252 g/mol. The second-order valence-corrected chi connectivity index (χ2v) is 4.13. The minimum atomic E-state index is -1.55. The van der Waals surface area contributed by atoms with Crippen LogP contribution in [-0.4, -0.2) is 16.9 Å². The van der Waals surface area contributed by atoms with Crippen molar-refractivity contribution >= 4 is 29.1 Å². The van der Waals surface area contributed by atoms with Gasteiger partial charge >= 0.3 is 0 Å². The van der Waals surface area contributed by atoms with E-state index in [2.05, 4.69) is 10.6 Å². The summed E-state index contributed by atoms with van der Waals surface area (Å²) in [7, 11) is 0. The highest BCUT2D eigenvalue weighted by atomic mass is 32.1. The zero-order valence-corrected chi connectivity index (χ0v) is 10.6. The normalized spacial score (nSPS) is 17.0. The Bertz CT molecular complexity index is 514. The van der Waals surface area contributed by atoms with Crippen molar-refractivity contribution in [1.82, 2.24) is 10.6 Å². The zero-order valence-electron chi connectivity index (χ0n) is 9.83. The summed E-state index contributed by atoms with van der Waals surface area (Å²) in [5.74, 6) is -1.22. The smallest absolute Gasteiger partial charge is 0.246 e. The van der Waals surface area contributed by atoms with Crippen molar-refractivity contribution in [3.63, 3.8) is 0 Å². The van der Waals surface area contributed by atoms with E-state index in [-0.39, 0.29) is 22.7 Å². The monoisotopic (exact) mass is 262 g/mol. The third-order valence-corrected chi connectivity index (χ3v) is 3.20. The lowest BCUT2D eigenvalue weighted by atomic mass is 9.74. The van der Waals surface area contributed by atoms with E-state index in [9.17, 15) is 9.59 Å². The van der Waals surface area contributed by atoms with Crippen LogP contribution in [0.5, 0.6) is 0 Å². The fourth-order valence-corrected chi connectivity index (χ4v) is 2.07. The number of nitrogens with one attached hydrogen (secondary N) is 2. The van der Waals surface area contributed by atoms with Gasteiger partial charge in [-0.2, -0.15) is 10.5 Å². The average molecular weight is 262 g/mol. The van der Waals surface area contributed by atoms with Gasteiger partial charge in [0.2, 0.25) is 11.8 Å². The number of hydrogen-bond acceptors (Lipinski definition) is 5. The van der Waals surface area contributed by atoms with Crippen LogP contribution in [0.1, 0.15) is 20.3 Å². The molecule has 0 saturated carbocycles. The van der Waals surface area contributed by atoms with E-state index in [0.29, 0.717) is 0 Å². The standard InChI is InChI=1S/C11H10N4O2S/c1-3-11(6(2)7(4-12)5-13)8(16)14-10(18)15-9(11)17/h3H2,1-2H3,(H2,14,15,16,17,18). The fourth-order valence-electron chi connectivity index (χ4n) is 1.89. The number of carbonyl (C=O) groups is 2. The minimum absolute atomic E-state index is 0.0719. The zero-order chi connectivity index (χ0) is 13.9. The Morgan fingerprint density at radius 3 is 2.06 bits per heavy atom. The first kappa shape index (κ1) is 13.8. The van der Waals surface area contributed by atoms with E-state index < -0.39 is 17.2 Å². The molecule has 6 nitrogen and oxygen atoms in total. The number of hydrogen-bond donors (Lipinski definition) is 2. The average Bonchev–Trinajstić information content (AvgIpc) is 2.30. The minimum Gasteiger partial charge on any atom is -0.302 e. The van der Waals surface area contributed by atoms with Crippen molar-refractivity contribution in [1.29, 1.82) is 10.5 Å². The molecule has 2 N–H and O–H groups in total. The van der Waals surface area contributed by atoms with Gasteiger partial charge in [0.15, 0.2) is 10.5 Å². The van der Waals surface area contributed by atoms with E-state index in [4.69, 9.17) is 22.7 Å². The van der Waals surface area contributed by atoms with E-state index >= 15 is 0 Å². The van der Waals surface area contributed by atoms with Crippen LogP contribution in [-0.2, 0) is 9.59 Å². The van der Waals surface area contributed by atoms with Crippen LogP contribution in [0.25, 0.3) is 0 Å². The summed E-state index contributed by atoms with van der Waals surface area (Å²) in [4.78, 5) is 24.1. The first-order chi connectivity index (χ1) is 8.43. The predicted molar refractivity (Wildman–Crippen MR) is 65.5 cm³/mol. The van der Waals surface area contributed by atoms with Gasteiger partial charge in [0.05, 0.1) is 0 Å². The molecule has 92 valence electrons. The third-order valence-electron chi connectivity index (χ3n) is 3.00. The Hall–Kier alpha value is -2.25. The number of allylic oxidation sites excluding steroid dienone is 1. The van der Waals surface area contributed by atoms with Crippen molar-refractivity contribution in [3.8, 4) is 12.1 Å². The van der Waals surface area contributed by atoms with E-state index in [1.807, 2.05) is 0 Å². The van der Waals surface area contributed by atoms with E-state index in [1.165, 1.54) is 6.92 Å². The highest BCUT2D eigenvalue weighted by Crippen LogP contribution is 2.35. The molecule has 7 heteroatoms. The van der Waals surface area contributed by atoms with Gasteiger partial charge in [-0.25, -0.2) is 0 Å². The second-order valence-electron chi connectivity index (χ2n) is 3.72. The molecule has 0 spiro atoms. The molecule has 1 aliphatic heterocycles. The molecule has 1 fully saturated rings. The second kappa shape index (κ2) is 4.94. The van der Waals surface area contributed by atoms with Crippen molar-refractivity contribution in [2.75, 3.05) is 0 Å². The van der Waals surface area contributed by atoms with Gasteiger partial charge in [-0.05, 0) is 31.1 Å². The molecule has 0 aromatic rings. The van der Waals surface area contributed by atoms with Gasteiger partial charge < -0.3 is 10.6 Å². The predicted octanol–water partition coefficient (Wildman–Crippen LogP) is 0.277. The lowest BCUT2D eigenvalue weighted by Crippen LogP contribution is -2.62. The van der Waals surface area contributed by atoms with Crippen LogP contribution in [0.2, 0.25) is 0 Å².